The van der Waals surface area contributed by atoms with Crippen LogP contribution in [0.4, 0.5) is 4.79 Å². The fourth-order valence-electron chi connectivity index (χ4n) is 10.8. The third-order valence-electron chi connectivity index (χ3n) is 14.3. The predicted octanol–water partition coefficient (Wildman–Crippen LogP) is 5.86. The number of carbonyl (C=O) groups excluding carboxylic acids is 1. The van der Waals surface area contributed by atoms with Crippen molar-refractivity contribution in [3.8, 4) is 0 Å². The van der Waals surface area contributed by atoms with Crippen LogP contribution < -0.4 is 5.32 Å². The van der Waals surface area contributed by atoms with Gasteiger partial charge in [-0.25, -0.2) is 4.79 Å². The van der Waals surface area contributed by atoms with Gasteiger partial charge in [0.25, 0.3) is 0 Å². The molecule has 4 N–H and O–H groups in total. The molecule has 1 aromatic carbocycles. The minimum Gasteiger partial charge on any atom is -0.481 e. The van der Waals surface area contributed by atoms with Gasteiger partial charge in [-0.15, -0.1) is 0 Å². The zero-order chi connectivity index (χ0) is 41.5. The van der Waals surface area contributed by atoms with Gasteiger partial charge < -0.3 is 53.8 Å². The van der Waals surface area contributed by atoms with Crippen molar-refractivity contribution in [3.05, 3.63) is 35.9 Å². The number of carboxylic acids is 1. The summed E-state index contributed by atoms with van der Waals surface area (Å²) in [6.07, 6.45) is 1.71. The fraction of sp³-hybridized carbons (Fsp3) is 0.818. The molecule has 13 heteroatoms. The summed E-state index contributed by atoms with van der Waals surface area (Å²) in [5.41, 5.74) is -0.163. The van der Waals surface area contributed by atoms with Gasteiger partial charge in [-0.1, -0.05) is 65.0 Å². The van der Waals surface area contributed by atoms with E-state index in [1.165, 1.54) is 7.11 Å². The number of methoxy groups -OCH3 is 1. The van der Waals surface area contributed by atoms with Crippen LogP contribution in [0.15, 0.2) is 30.3 Å². The highest BCUT2D eigenvalue weighted by Crippen LogP contribution is 2.54. The minimum absolute atomic E-state index is 0.106. The molecule has 5 aliphatic rings. The second kappa shape index (κ2) is 17.3. The number of amides is 1. The lowest BCUT2D eigenvalue weighted by molar-refractivity contribution is -0.336. The lowest BCUT2D eigenvalue weighted by Crippen LogP contribution is -2.57. The van der Waals surface area contributed by atoms with Gasteiger partial charge >= 0.3 is 12.1 Å². The molecule has 5 fully saturated rings. The lowest BCUT2D eigenvalue weighted by Gasteiger charge is -2.48. The summed E-state index contributed by atoms with van der Waals surface area (Å²) in [7, 11) is 1.52. The molecule has 0 unspecified atom stereocenters. The highest BCUT2D eigenvalue weighted by molar-refractivity contribution is 5.70. The van der Waals surface area contributed by atoms with Gasteiger partial charge in [0, 0.05) is 44.2 Å². The number of hydrogen-bond donors (Lipinski definition) is 4. The van der Waals surface area contributed by atoms with Crippen LogP contribution >= 0.6 is 0 Å². The summed E-state index contributed by atoms with van der Waals surface area (Å²) < 4.78 is 45.2. The Morgan fingerprint density at radius 3 is 2.37 bits per heavy atom. The quantitative estimate of drug-likeness (QED) is 0.188. The molecule has 13 nitrogen and oxygen atoms in total. The lowest BCUT2D eigenvalue weighted by atomic mass is 9.78. The Morgan fingerprint density at radius 2 is 1.68 bits per heavy atom. The van der Waals surface area contributed by atoms with E-state index in [0.717, 1.165) is 24.8 Å². The highest BCUT2D eigenvalue weighted by Gasteiger charge is 2.61. The Morgan fingerprint density at radius 1 is 0.965 bits per heavy atom. The van der Waals surface area contributed by atoms with Crippen molar-refractivity contribution in [2.24, 2.45) is 35.5 Å². The first-order valence-corrected chi connectivity index (χ1v) is 21.3. The van der Waals surface area contributed by atoms with E-state index in [1.807, 2.05) is 51.1 Å². The molecule has 5 saturated heterocycles. The number of benzene rings is 1. The maximum atomic E-state index is 12.6. The Balaban J connectivity index is 1.06. The van der Waals surface area contributed by atoms with E-state index in [2.05, 4.69) is 33.0 Å². The zero-order valence-electron chi connectivity index (χ0n) is 35.5. The molecule has 6 rings (SSSR count). The molecule has 1 spiro atoms. The van der Waals surface area contributed by atoms with E-state index >= 15 is 0 Å². The van der Waals surface area contributed by atoms with E-state index in [4.69, 9.17) is 33.2 Å². The van der Waals surface area contributed by atoms with Crippen molar-refractivity contribution in [2.75, 3.05) is 20.3 Å². The van der Waals surface area contributed by atoms with Crippen molar-refractivity contribution < 1.29 is 58.1 Å². The van der Waals surface area contributed by atoms with Crippen LogP contribution in [0.2, 0.25) is 0 Å². The summed E-state index contributed by atoms with van der Waals surface area (Å²) in [5.74, 6) is -4.91. The maximum Gasteiger partial charge on any atom is 0.407 e. The monoisotopic (exact) mass is 803 g/mol. The second-order valence-electron chi connectivity index (χ2n) is 18.8. The van der Waals surface area contributed by atoms with Gasteiger partial charge in [0.1, 0.15) is 6.61 Å². The third kappa shape index (κ3) is 9.21. The van der Waals surface area contributed by atoms with E-state index in [0.29, 0.717) is 38.6 Å². The molecule has 0 aromatic heterocycles. The number of aliphatic hydroxyl groups is 2. The van der Waals surface area contributed by atoms with Crippen LogP contribution in [-0.4, -0.2) is 113 Å². The van der Waals surface area contributed by atoms with Crippen molar-refractivity contribution in [1.29, 1.82) is 0 Å². The fourth-order valence-corrected chi connectivity index (χ4v) is 10.8. The van der Waals surface area contributed by atoms with E-state index in [9.17, 15) is 24.9 Å². The SMILES string of the molecule is CO[C@H]([C@H](C)[C@H]1O[C@@]2(CC[C@@](C)([C@H]3CC[C@@](C)([C@@H]4O[C@@H]([C@H]5O[C@@](O)(COC(=O)NCCc6ccccc6)[C@H](C)C[C@@H]5C)C[C@@H]4C)O3)O2)C[C@H](O)[C@H]1C)[C@H](C)C(=O)O. The Bertz CT molecular complexity index is 1530. The normalized spacial score (nSPS) is 43.8. The van der Waals surface area contributed by atoms with Crippen LogP contribution in [0.25, 0.3) is 0 Å². The molecule has 1 aromatic rings. The van der Waals surface area contributed by atoms with Crippen LogP contribution in [0.5, 0.6) is 0 Å². The Labute approximate surface area is 338 Å². The number of nitrogens with one attached hydrogen (secondary N) is 1. The van der Waals surface area contributed by atoms with Crippen LogP contribution in [0.3, 0.4) is 0 Å². The molecular formula is C44H69NO12. The average Bonchev–Trinajstić information content (AvgIpc) is 3.87. The van der Waals surface area contributed by atoms with Gasteiger partial charge in [0.2, 0.25) is 5.79 Å². The minimum atomic E-state index is -1.65. The molecule has 1 amide bonds. The summed E-state index contributed by atoms with van der Waals surface area (Å²) in [6, 6.07) is 9.88. The number of aliphatic hydroxyl groups excluding tert-OH is 1. The van der Waals surface area contributed by atoms with Crippen LogP contribution in [-0.2, 0) is 44.4 Å². The van der Waals surface area contributed by atoms with E-state index in [-0.39, 0.29) is 54.5 Å². The highest BCUT2D eigenvalue weighted by atomic mass is 16.7. The molecule has 322 valence electrons. The standard InChI is InChI=1S/C44H69NO12/c1-25-21-27(3)44(50,24-52-40(49)45-20-16-31-13-11-10-12-14-31)56-35(25)33-22-26(2)38(53-33)42(8)17-15-34(54-42)41(7)18-19-43(57-41)23-32(46)28(4)37(55-43)29(5)36(51-9)30(6)39(47)48/h10-14,25-30,32-38,46,50H,15-24H2,1-9H3,(H,45,49)(H,47,48)/t25-,26-,27+,28+,29-,30-,32-,33+,34+,35-,36+,37-,38+,41-,42-,43+,44-/m0/s1. The molecule has 0 radical (unpaired) electrons. The van der Waals surface area contributed by atoms with Gasteiger partial charge in [-0.2, -0.15) is 0 Å². The van der Waals surface area contributed by atoms with Crippen LogP contribution in [0.1, 0.15) is 106 Å². The zero-order valence-corrected chi connectivity index (χ0v) is 35.5. The number of rotatable bonds is 13. The average molecular weight is 804 g/mol. The van der Waals surface area contributed by atoms with Gasteiger partial charge in [0.15, 0.2) is 5.79 Å². The Hall–Kier alpha value is -2.36. The van der Waals surface area contributed by atoms with Crippen molar-refractivity contribution in [1.82, 2.24) is 5.32 Å². The number of aliphatic carboxylic acids is 1. The number of hydrogen-bond acceptors (Lipinski definition) is 11. The summed E-state index contributed by atoms with van der Waals surface area (Å²) >= 11 is 0. The van der Waals surface area contributed by atoms with E-state index < -0.39 is 65.2 Å². The second-order valence-corrected chi connectivity index (χ2v) is 18.8. The maximum absolute atomic E-state index is 12.6. The van der Waals surface area contributed by atoms with Crippen molar-refractivity contribution in [2.45, 2.75) is 172 Å². The third-order valence-corrected chi connectivity index (χ3v) is 14.3. The van der Waals surface area contributed by atoms with E-state index in [1.54, 1.807) is 6.92 Å². The summed E-state index contributed by atoms with van der Waals surface area (Å²) in [6.45, 7) is 16.1. The van der Waals surface area contributed by atoms with Crippen molar-refractivity contribution >= 4 is 12.1 Å². The molecule has 0 aliphatic carbocycles. The first-order valence-electron chi connectivity index (χ1n) is 21.3. The van der Waals surface area contributed by atoms with Gasteiger partial charge in [-0.3, -0.25) is 4.79 Å². The topological polar surface area (TPSA) is 171 Å². The number of carbonyl (C=O) groups is 2. The first-order chi connectivity index (χ1) is 26.8. The van der Waals surface area contributed by atoms with Crippen LogP contribution in [0, 0.1) is 35.5 Å². The Kier molecular flexibility index (Phi) is 13.4. The molecule has 5 heterocycles. The van der Waals surface area contributed by atoms with Gasteiger partial charge in [-0.05, 0) is 76.7 Å². The largest absolute Gasteiger partial charge is 0.481 e. The smallest absolute Gasteiger partial charge is 0.407 e. The molecule has 57 heavy (non-hydrogen) atoms. The van der Waals surface area contributed by atoms with Gasteiger partial charge in [0.05, 0.1) is 59.8 Å². The molecule has 0 saturated carbocycles. The molecular weight excluding hydrogens is 734 g/mol. The number of ether oxygens (including phenoxy) is 7. The van der Waals surface area contributed by atoms with Crippen molar-refractivity contribution in [3.63, 3.8) is 0 Å². The summed E-state index contributed by atoms with van der Waals surface area (Å²) in [5, 5.41) is 35.5. The predicted molar refractivity (Wildman–Crippen MR) is 210 cm³/mol. The molecule has 17 atom stereocenters. The molecule has 0 bridgehead atoms. The number of alkyl carbamates (subject to hydrolysis) is 1. The molecule has 5 aliphatic heterocycles. The first kappa shape index (κ1) is 44.2. The number of carboxylic acid groups (broad SMARTS) is 1. The summed E-state index contributed by atoms with van der Waals surface area (Å²) in [4.78, 5) is 24.5.